The first kappa shape index (κ1) is 23.5. The minimum atomic E-state index is -0.149. The third kappa shape index (κ3) is 5.07. The van der Waals surface area contributed by atoms with Gasteiger partial charge in [-0.05, 0) is 48.5 Å². The average molecular weight is 486 g/mol. The minimum Gasteiger partial charge on any atom is -0.507 e. The molecule has 0 atom stereocenters. The number of phenols is 2. The van der Waals surface area contributed by atoms with Gasteiger partial charge in [-0.1, -0.05) is 24.3 Å². The number of amides is 1. The van der Waals surface area contributed by atoms with E-state index < -0.39 is 0 Å². The lowest BCUT2D eigenvalue weighted by atomic mass is 10.1. The normalized spacial score (nSPS) is 14.0. The van der Waals surface area contributed by atoms with Crippen LogP contribution in [0.15, 0.2) is 72.8 Å². The number of phenolic OH excluding ortho intramolecular Hbond substituents is 2. The average Bonchev–Trinajstić information content (AvgIpc) is 3.35. The molecule has 184 valence electrons. The number of para-hydroxylation sites is 2. The third-order valence-corrected chi connectivity index (χ3v) is 6.09. The van der Waals surface area contributed by atoms with Gasteiger partial charge < -0.3 is 20.3 Å². The van der Waals surface area contributed by atoms with Crippen molar-refractivity contribution in [2.45, 2.75) is 0 Å². The molecule has 1 aliphatic rings. The summed E-state index contributed by atoms with van der Waals surface area (Å²) in [5, 5.41) is 28.4. The summed E-state index contributed by atoms with van der Waals surface area (Å²) in [4.78, 5) is 19.5. The van der Waals surface area contributed by atoms with Gasteiger partial charge in [-0.15, -0.1) is 5.10 Å². The molecule has 36 heavy (non-hydrogen) atoms. The largest absolute Gasteiger partial charge is 0.507 e. The SMILES string of the molecule is O=C(NCCN1CCOCC1)c1ccc(-n2nc(-c3ccccc3O)nc2-c2ccccc2O)cc1. The van der Waals surface area contributed by atoms with Crippen molar-refractivity contribution in [3.05, 3.63) is 78.4 Å². The van der Waals surface area contributed by atoms with Gasteiger partial charge in [0.25, 0.3) is 5.91 Å². The highest BCUT2D eigenvalue weighted by Crippen LogP contribution is 2.33. The summed E-state index contributed by atoms with van der Waals surface area (Å²) >= 11 is 0. The van der Waals surface area contributed by atoms with Crippen LogP contribution in [0.4, 0.5) is 0 Å². The van der Waals surface area contributed by atoms with Crippen LogP contribution in [0.2, 0.25) is 0 Å². The molecule has 2 heterocycles. The monoisotopic (exact) mass is 485 g/mol. The number of aromatic nitrogens is 3. The molecule has 9 heteroatoms. The second-order valence-electron chi connectivity index (χ2n) is 8.46. The smallest absolute Gasteiger partial charge is 0.251 e. The van der Waals surface area contributed by atoms with Crippen LogP contribution in [0.5, 0.6) is 11.5 Å². The molecular weight excluding hydrogens is 458 g/mol. The van der Waals surface area contributed by atoms with Crippen LogP contribution in [-0.4, -0.2) is 75.2 Å². The Morgan fingerprint density at radius 1 is 0.889 bits per heavy atom. The van der Waals surface area contributed by atoms with Crippen LogP contribution in [0.25, 0.3) is 28.5 Å². The molecular formula is C27H27N5O4. The number of hydrogen-bond donors (Lipinski definition) is 3. The van der Waals surface area contributed by atoms with E-state index in [2.05, 4.69) is 20.3 Å². The van der Waals surface area contributed by atoms with Crippen LogP contribution >= 0.6 is 0 Å². The van der Waals surface area contributed by atoms with Gasteiger partial charge >= 0.3 is 0 Å². The van der Waals surface area contributed by atoms with Gasteiger partial charge in [-0.3, -0.25) is 9.69 Å². The first-order valence-electron chi connectivity index (χ1n) is 11.8. The van der Waals surface area contributed by atoms with Gasteiger partial charge in [0.15, 0.2) is 11.6 Å². The first-order valence-corrected chi connectivity index (χ1v) is 11.8. The zero-order valence-corrected chi connectivity index (χ0v) is 19.7. The van der Waals surface area contributed by atoms with Gasteiger partial charge in [-0.25, -0.2) is 9.67 Å². The van der Waals surface area contributed by atoms with Gasteiger partial charge in [0.1, 0.15) is 11.5 Å². The molecule has 1 amide bonds. The van der Waals surface area contributed by atoms with E-state index in [1.54, 1.807) is 77.5 Å². The quantitative estimate of drug-likeness (QED) is 0.369. The van der Waals surface area contributed by atoms with E-state index in [9.17, 15) is 15.0 Å². The van der Waals surface area contributed by atoms with Crippen LogP contribution in [0.1, 0.15) is 10.4 Å². The minimum absolute atomic E-state index is 0.0579. The summed E-state index contributed by atoms with van der Waals surface area (Å²) < 4.78 is 6.95. The van der Waals surface area contributed by atoms with Crippen molar-refractivity contribution in [2.24, 2.45) is 0 Å². The van der Waals surface area contributed by atoms with E-state index in [4.69, 9.17) is 4.74 Å². The predicted molar refractivity (Wildman–Crippen MR) is 135 cm³/mol. The Labute approximate surface area is 208 Å². The van der Waals surface area contributed by atoms with Crippen molar-refractivity contribution in [3.8, 4) is 40.0 Å². The van der Waals surface area contributed by atoms with Crippen LogP contribution in [0, 0.1) is 0 Å². The van der Waals surface area contributed by atoms with Gasteiger partial charge in [-0.2, -0.15) is 0 Å². The molecule has 0 unspecified atom stereocenters. The van der Waals surface area contributed by atoms with E-state index in [0.717, 1.165) is 32.8 Å². The van der Waals surface area contributed by atoms with Crippen LogP contribution < -0.4 is 5.32 Å². The Morgan fingerprint density at radius 3 is 2.19 bits per heavy atom. The molecule has 0 radical (unpaired) electrons. The molecule has 0 aliphatic carbocycles. The summed E-state index contributed by atoms with van der Waals surface area (Å²) in [6, 6.07) is 20.7. The van der Waals surface area contributed by atoms with Crippen LogP contribution in [0.3, 0.4) is 0 Å². The highest BCUT2D eigenvalue weighted by atomic mass is 16.5. The van der Waals surface area contributed by atoms with Crippen LogP contribution in [-0.2, 0) is 4.74 Å². The zero-order chi connectivity index (χ0) is 24.9. The maximum absolute atomic E-state index is 12.6. The maximum Gasteiger partial charge on any atom is 0.251 e. The van der Waals surface area contributed by atoms with Gasteiger partial charge in [0.2, 0.25) is 0 Å². The number of carbonyl (C=O) groups excluding carboxylic acids is 1. The maximum atomic E-state index is 12.6. The number of ether oxygens (including phenoxy) is 1. The van der Waals surface area contributed by atoms with Crippen molar-refractivity contribution in [1.82, 2.24) is 25.0 Å². The van der Waals surface area contributed by atoms with E-state index in [0.29, 0.717) is 40.6 Å². The number of rotatable bonds is 7. The molecule has 1 aliphatic heterocycles. The van der Waals surface area contributed by atoms with Crippen molar-refractivity contribution in [3.63, 3.8) is 0 Å². The standard InChI is InChI=1S/C27H27N5O4/c33-23-7-3-1-5-21(23)25-29-26(22-6-2-4-8-24(22)34)32(30-25)20-11-9-19(10-12-20)27(35)28-13-14-31-15-17-36-18-16-31/h1-12,33-34H,13-18H2,(H,28,35). The summed E-state index contributed by atoms with van der Waals surface area (Å²) in [6.45, 7) is 4.56. The Bertz CT molecular complexity index is 1350. The molecule has 4 aromatic rings. The number of morpholine rings is 1. The summed E-state index contributed by atoms with van der Waals surface area (Å²) in [7, 11) is 0. The molecule has 1 aromatic heterocycles. The fourth-order valence-electron chi connectivity index (χ4n) is 4.11. The second-order valence-corrected chi connectivity index (χ2v) is 8.46. The van der Waals surface area contributed by atoms with Crippen molar-refractivity contribution < 1.29 is 19.7 Å². The van der Waals surface area contributed by atoms with Gasteiger partial charge in [0, 0.05) is 31.7 Å². The number of nitrogens with zero attached hydrogens (tertiary/aromatic N) is 4. The number of carbonyl (C=O) groups is 1. The highest BCUT2D eigenvalue weighted by molar-refractivity contribution is 5.94. The summed E-state index contributed by atoms with van der Waals surface area (Å²) in [5.74, 6) is 0.698. The van der Waals surface area contributed by atoms with E-state index in [-0.39, 0.29) is 17.4 Å². The zero-order valence-electron chi connectivity index (χ0n) is 19.7. The number of benzene rings is 3. The molecule has 1 fully saturated rings. The lowest BCUT2D eigenvalue weighted by Gasteiger charge is -2.26. The number of nitrogens with one attached hydrogen (secondary N) is 1. The molecule has 3 N–H and O–H groups in total. The Morgan fingerprint density at radius 2 is 1.53 bits per heavy atom. The van der Waals surface area contributed by atoms with E-state index >= 15 is 0 Å². The third-order valence-electron chi connectivity index (χ3n) is 6.09. The first-order chi connectivity index (χ1) is 17.6. The molecule has 0 bridgehead atoms. The highest BCUT2D eigenvalue weighted by Gasteiger charge is 2.19. The number of aromatic hydroxyl groups is 2. The van der Waals surface area contributed by atoms with Gasteiger partial charge in [0.05, 0.1) is 30.0 Å². The Balaban J connectivity index is 1.39. The molecule has 5 rings (SSSR count). The Hall–Kier alpha value is -4.21. The predicted octanol–water partition coefficient (Wildman–Crippen LogP) is 3.07. The fourth-order valence-corrected chi connectivity index (χ4v) is 4.11. The lowest BCUT2D eigenvalue weighted by molar-refractivity contribution is 0.0383. The number of hydrogen-bond acceptors (Lipinski definition) is 7. The topological polar surface area (TPSA) is 113 Å². The molecule has 0 saturated carbocycles. The summed E-state index contributed by atoms with van der Waals surface area (Å²) in [5.41, 5.74) is 2.17. The molecule has 3 aromatic carbocycles. The molecule has 1 saturated heterocycles. The van der Waals surface area contributed by atoms with E-state index in [1.165, 1.54) is 0 Å². The fraction of sp³-hybridized carbons (Fsp3) is 0.222. The van der Waals surface area contributed by atoms with E-state index in [1.807, 2.05) is 0 Å². The molecule has 9 nitrogen and oxygen atoms in total. The second kappa shape index (κ2) is 10.6. The van der Waals surface area contributed by atoms with Crippen molar-refractivity contribution in [2.75, 3.05) is 39.4 Å². The van der Waals surface area contributed by atoms with Crippen molar-refractivity contribution in [1.29, 1.82) is 0 Å². The molecule has 0 spiro atoms. The Kier molecular flexibility index (Phi) is 6.92. The lowest BCUT2D eigenvalue weighted by Crippen LogP contribution is -2.41. The van der Waals surface area contributed by atoms with Crippen molar-refractivity contribution >= 4 is 5.91 Å². The summed E-state index contributed by atoms with van der Waals surface area (Å²) in [6.07, 6.45) is 0.